The topological polar surface area (TPSA) is 49.4 Å². The number of hydrogen-bond donors (Lipinski definition) is 1. The summed E-state index contributed by atoms with van der Waals surface area (Å²) < 4.78 is 0. The van der Waals surface area contributed by atoms with E-state index in [1.807, 2.05) is 61.5 Å². The van der Waals surface area contributed by atoms with Crippen LogP contribution in [0.15, 0.2) is 78.9 Å². The minimum atomic E-state index is -0.194. The Kier molecular flexibility index (Phi) is 5.67. The maximum Gasteiger partial charge on any atom is 0.255 e. The average molecular weight is 358 g/mol. The first-order chi connectivity index (χ1) is 13.0. The lowest BCUT2D eigenvalue weighted by Crippen LogP contribution is -2.26. The molecule has 27 heavy (non-hydrogen) atoms. The quantitative estimate of drug-likeness (QED) is 0.729. The molecule has 0 fully saturated rings. The molecule has 0 aliphatic heterocycles. The van der Waals surface area contributed by atoms with Crippen molar-refractivity contribution in [3.63, 3.8) is 0 Å². The molecule has 1 N–H and O–H groups in total. The first kappa shape index (κ1) is 18.4. The lowest BCUT2D eigenvalue weighted by molar-refractivity contribution is 0.0784. The van der Waals surface area contributed by atoms with Gasteiger partial charge in [-0.2, -0.15) is 0 Å². The summed E-state index contributed by atoms with van der Waals surface area (Å²) in [5, 5.41) is 2.90. The molecule has 0 unspecified atom stereocenters. The summed E-state index contributed by atoms with van der Waals surface area (Å²) in [4.78, 5) is 26.7. The summed E-state index contributed by atoms with van der Waals surface area (Å²) in [5.74, 6) is -0.273. The molecule has 0 saturated carbocycles. The Labute approximate surface area is 159 Å². The van der Waals surface area contributed by atoms with E-state index in [0.717, 1.165) is 16.8 Å². The van der Waals surface area contributed by atoms with E-state index < -0.39 is 0 Å². The van der Waals surface area contributed by atoms with Crippen molar-refractivity contribution in [2.75, 3.05) is 12.4 Å². The van der Waals surface area contributed by atoms with Gasteiger partial charge in [-0.05, 0) is 48.4 Å². The number of aryl methyl sites for hydroxylation is 1. The zero-order chi connectivity index (χ0) is 19.2. The van der Waals surface area contributed by atoms with Gasteiger partial charge >= 0.3 is 0 Å². The van der Waals surface area contributed by atoms with Crippen molar-refractivity contribution >= 4 is 17.5 Å². The van der Waals surface area contributed by atoms with Crippen molar-refractivity contribution in [2.45, 2.75) is 13.5 Å². The summed E-state index contributed by atoms with van der Waals surface area (Å²) in [6.45, 7) is 2.48. The van der Waals surface area contributed by atoms with Crippen molar-refractivity contribution in [1.29, 1.82) is 0 Å². The van der Waals surface area contributed by atoms with Gasteiger partial charge in [-0.15, -0.1) is 0 Å². The molecule has 0 aliphatic carbocycles. The lowest BCUT2D eigenvalue weighted by atomic mass is 10.1. The second-order valence-electron chi connectivity index (χ2n) is 6.49. The molecule has 4 heteroatoms. The molecule has 136 valence electrons. The minimum absolute atomic E-state index is 0.0790. The molecular formula is C23H22N2O2. The number of nitrogens with zero attached hydrogens (tertiary/aromatic N) is 1. The SMILES string of the molecule is Cc1ccccc1NC(=O)c1ccc(C(=O)N(C)Cc2ccccc2)cc1. The van der Waals surface area contributed by atoms with Crippen LogP contribution in [0.3, 0.4) is 0 Å². The smallest absolute Gasteiger partial charge is 0.255 e. The molecule has 3 aromatic carbocycles. The maximum absolute atomic E-state index is 12.6. The van der Waals surface area contributed by atoms with Gasteiger partial charge in [0.25, 0.3) is 11.8 Å². The molecule has 4 nitrogen and oxygen atoms in total. The number of rotatable bonds is 5. The lowest BCUT2D eigenvalue weighted by Gasteiger charge is -2.17. The van der Waals surface area contributed by atoms with Crippen LogP contribution in [0.4, 0.5) is 5.69 Å². The van der Waals surface area contributed by atoms with Gasteiger partial charge in [-0.25, -0.2) is 0 Å². The van der Waals surface area contributed by atoms with Crippen molar-refractivity contribution in [3.8, 4) is 0 Å². The van der Waals surface area contributed by atoms with Crippen molar-refractivity contribution in [3.05, 3.63) is 101 Å². The fourth-order valence-electron chi connectivity index (χ4n) is 2.82. The van der Waals surface area contributed by atoms with Crippen LogP contribution in [0, 0.1) is 6.92 Å². The molecule has 0 spiro atoms. The number of carbonyl (C=O) groups excluding carboxylic acids is 2. The van der Waals surface area contributed by atoms with Crippen LogP contribution in [0.2, 0.25) is 0 Å². The molecule has 3 rings (SSSR count). The summed E-state index contributed by atoms with van der Waals surface area (Å²) >= 11 is 0. The van der Waals surface area contributed by atoms with Crippen LogP contribution >= 0.6 is 0 Å². The number of hydrogen-bond acceptors (Lipinski definition) is 2. The van der Waals surface area contributed by atoms with Gasteiger partial charge in [0.05, 0.1) is 0 Å². The Morgan fingerprint density at radius 1 is 0.815 bits per heavy atom. The highest BCUT2D eigenvalue weighted by molar-refractivity contribution is 6.05. The number of carbonyl (C=O) groups is 2. The van der Waals surface area contributed by atoms with Crippen LogP contribution in [0.1, 0.15) is 31.8 Å². The zero-order valence-electron chi connectivity index (χ0n) is 15.5. The normalized spacial score (nSPS) is 10.3. The van der Waals surface area contributed by atoms with E-state index in [1.54, 1.807) is 36.2 Å². The molecular weight excluding hydrogens is 336 g/mol. The molecule has 3 aromatic rings. The van der Waals surface area contributed by atoms with Gasteiger partial charge in [0.15, 0.2) is 0 Å². The van der Waals surface area contributed by atoms with E-state index in [-0.39, 0.29) is 11.8 Å². The van der Waals surface area contributed by atoms with Crippen LogP contribution < -0.4 is 5.32 Å². The number of nitrogens with one attached hydrogen (secondary N) is 1. The van der Waals surface area contributed by atoms with Crippen LogP contribution in [0.25, 0.3) is 0 Å². The number of amides is 2. The van der Waals surface area contributed by atoms with Crippen LogP contribution in [-0.4, -0.2) is 23.8 Å². The zero-order valence-corrected chi connectivity index (χ0v) is 15.5. The van der Waals surface area contributed by atoms with E-state index >= 15 is 0 Å². The molecule has 0 radical (unpaired) electrons. The maximum atomic E-state index is 12.6. The Hall–Kier alpha value is -3.40. The summed E-state index contributed by atoms with van der Waals surface area (Å²) in [5.41, 5.74) is 3.93. The van der Waals surface area contributed by atoms with Gasteiger partial charge in [-0.3, -0.25) is 9.59 Å². The standard InChI is InChI=1S/C23H22N2O2/c1-17-8-6-7-11-21(17)24-22(26)19-12-14-20(15-13-19)23(27)25(2)16-18-9-4-3-5-10-18/h3-15H,16H2,1-2H3,(H,24,26). The second-order valence-corrected chi connectivity index (χ2v) is 6.49. The number of para-hydroxylation sites is 1. The fraction of sp³-hybridized carbons (Fsp3) is 0.130. The van der Waals surface area contributed by atoms with Gasteiger partial charge < -0.3 is 10.2 Å². The molecule has 0 saturated heterocycles. The molecule has 0 bridgehead atoms. The Morgan fingerprint density at radius 2 is 1.41 bits per heavy atom. The van der Waals surface area contributed by atoms with Crippen LogP contribution in [0.5, 0.6) is 0 Å². The Morgan fingerprint density at radius 3 is 2.07 bits per heavy atom. The van der Waals surface area contributed by atoms with Crippen molar-refractivity contribution in [2.24, 2.45) is 0 Å². The first-order valence-electron chi connectivity index (χ1n) is 8.81. The Bertz CT molecular complexity index is 934. The van der Waals surface area contributed by atoms with Crippen molar-refractivity contribution < 1.29 is 9.59 Å². The highest BCUT2D eigenvalue weighted by Gasteiger charge is 2.13. The Balaban J connectivity index is 1.66. The molecule has 0 heterocycles. The predicted molar refractivity (Wildman–Crippen MR) is 108 cm³/mol. The monoisotopic (exact) mass is 358 g/mol. The third kappa shape index (κ3) is 4.61. The van der Waals surface area contributed by atoms with Gasteiger partial charge in [0.2, 0.25) is 0 Å². The van der Waals surface area contributed by atoms with E-state index in [0.29, 0.717) is 17.7 Å². The van der Waals surface area contributed by atoms with Crippen molar-refractivity contribution in [1.82, 2.24) is 4.90 Å². The van der Waals surface area contributed by atoms with E-state index in [4.69, 9.17) is 0 Å². The first-order valence-corrected chi connectivity index (χ1v) is 8.81. The fourth-order valence-corrected chi connectivity index (χ4v) is 2.82. The average Bonchev–Trinajstić information content (AvgIpc) is 2.70. The van der Waals surface area contributed by atoms with E-state index in [9.17, 15) is 9.59 Å². The summed E-state index contributed by atoms with van der Waals surface area (Å²) in [6, 6.07) is 24.2. The molecule has 0 atom stereocenters. The minimum Gasteiger partial charge on any atom is -0.337 e. The van der Waals surface area contributed by atoms with Gasteiger partial charge in [0.1, 0.15) is 0 Å². The predicted octanol–water partition coefficient (Wildman–Crippen LogP) is 4.52. The number of benzene rings is 3. The third-order valence-electron chi connectivity index (χ3n) is 4.40. The van der Waals surface area contributed by atoms with Gasteiger partial charge in [-0.1, -0.05) is 48.5 Å². The highest BCUT2D eigenvalue weighted by atomic mass is 16.2. The number of anilines is 1. The van der Waals surface area contributed by atoms with Gasteiger partial charge in [0, 0.05) is 30.4 Å². The summed E-state index contributed by atoms with van der Waals surface area (Å²) in [6.07, 6.45) is 0. The molecule has 0 aliphatic rings. The van der Waals surface area contributed by atoms with E-state index in [1.165, 1.54) is 0 Å². The van der Waals surface area contributed by atoms with Crippen LogP contribution in [-0.2, 0) is 6.54 Å². The third-order valence-corrected chi connectivity index (χ3v) is 4.40. The highest BCUT2D eigenvalue weighted by Crippen LogP contribution is 2.15. The molecule has 2 amide bonds. The largest absolute Gasteiger partial charge is 0.337 e. The summed E-state index contributed by atoms with van der Waals surface area (Å²) in [7, 11) is 1.77. The second kappa shape index (κ2) is 8.32. The van der Waals surface area contributed by atoms with E-state index in [2.05, 4.69) is 5.32 Å². The molecule has 0 aromatic heterocycles.